The van der Waals surface area contributed by atoms with Gasteiger partial charge in [0.1, 0.15) is 10.8 Å². The number of anilines is 1. The van der Waals surface area contributed by atoms with Crippen LogP contribution in [0.3, 0.4) is 0 Å². The first-order chi connectivity index (χ1) is 9.63. The summed E-state index contributed by atoms with van der Waals surface area (Å²) in [5.41, 5.74) is 0.536. The summed E-state index contributed by atoms with van der Waals surface area (Å²) < 4.78 is 13.8. The van der Waals surface area contributed by atoms with E-state index >= 15 is 0 Å². The average molecular weight is 293 g/mol. The molecule has 20 heavy (non-hydrogen) atoms. The second-order valence-electron chi connectivity index (χ2n) is 4.26. The third-order valence-electron chi connectivity index (χ3n) is 2.78. The zero-order chi connectivity index (χ0) is 14.5. The van der Waals surface area contributed by atoms with Crippen LogP contribution in [0.2, 0.25) is 0 Å². The van der Waals surface area contributed by atoms with Crippen molar-refractivity contribution in [2.75, 3.05) is 11.9 Å². The quantitative estimate of drug-likeness (QED) is 0.890. The lowest BCUT2D eigenvalue weighted by Crippen LogP contribution is -2.27. The molecule has 1 aromatic carbocycles. The van der Waals surface area contributed by atoms with Crippen LogP contribution in [0.4, 0.5) is 10.1 Å². The SMILES string of the molecule is CCNc1c(F)cccc1C(=O)NC(C)c1nccs1. The van der Waals surface area contributed by atoms with Gasteiger partial charge in [0.15, 0.2) is 0 Å². The lowest BCUT2D eigenvalue weighted by Gasteiger charge is -2.15. The number of rotatable bonds is 5. The predicted octanol–water partition coefficient (Wildman–Crippen LogP) is 3.21. The third kappa shape index (κ3) is 3.14. The molecular weight excluding hydrogens is 277 g/mol. The van der Waals surface area contributed by atoms with Gasteiger partial charge in [0.05, 0.1) is 17.3 Å². The molecule has 1 aromatic heterocycles. The fourth-order valence-corrected chi connectivity index (χ4v) is 2.50. The van der Waals surface area contributed by atoms with Gasteiger partial charge in [-0.3, -0.25) is 4.79 Å². The molecule has 1 heterocycles. The van der Waals surface area contributed by atoms with Crippen molar-refractivity contribution in [3.8, 4) is 0 Å². The van der Waals surface area contributed by atoms with Gasteiger partial charge < -0.3 is 10.6 Å². The molecule has 1 atom stereocenters. The van der Waals surface area contributed by atoms with E-state index in [9.17, 15) is 9.18 Å². The van der Waals surface area contributed by atoms with E-state index in [1.165, 1.54) is 23.5 Å². The molecule has 0 radical (unpaired) electrons. The number of hydrogen-bond acceptors (Lipinski definition) is 4. The maximum atomic E-state index is 13.8. The highest BCUT2D eigenvalue weighted by molar-refractivity contribution is 7.09. The van der Waals surface area contributed by atoms with E-state index in [0.29, 0.717) is 12.1 Å². The van der Waals surface area contributed by atoms with Crippen molar-refractivity contribution in [2.24, 2.45) is 0 Å². The summed E-state index contributed by atoms with van der Waals surface area (Å²) in [7, 11) is 0. The first kappa shape index (κ1) is 14.5. The number of benzene rings is 1. The van der Waals surface area contributed by atoms with E-state index in [1.807, 2.05) is 19.2 Å². The molecule has 1 amide bonds. The largest absolute Gasteiger partial charge is 0.382 e. The maximum Gasteiger partial charge on any atom is 0.254 e. The predicted molar refractivity (Wildman–Crippen MR) is 78.6 cm³/mol. The number of hydrogen-bond donors (Lipinski definition) is 2. The lowest BCUT2D eigenvalue weighted by molar-refractivity contribution is 0.0940. The van der Waals surface area contributed by atoms with Gasteiger partial charge in [0, 0.05) is 18.1 Å². The number of carbonyl (C=O) groups is 1. The van der Waals surface area contributed by atoms with Crippen molar-refractivity contribution in [3.05, 3.63) is 46.2 Å². The van der Waals surface area contributed by atoms with E-state index in [2.05, 4.69) is 15.6 Å². The van der Waals surface area contributed by atoms with E-state index in [0.717, 1.165) is 5.01 Å². The lowest BCUT2D eigenvalue weighted by atomic mass is 10.1. The fourth-order valence-electron chi connectivity index (χ4n) is 1.85. The van der Waals surface area contributed by atoms with Crippen LogP contribution >= 0.6 is 11.3 Å². The molecule has 0 saturated carbocycles. The molecule has 6 heteroatoms. The Bertz CT molecular complexity index is 586. The zero-order valence-corrected chi connectivity index (χ0v) is 12.1. The number of aromatic nitrogens is 1. The number of nitrogens with one attached hydrogen (secondary N) is 2. The van der Waals surface area contributed by atoms with Gasteiger partial charge in [-0.1, -0.05) is 6.07 Å². The van der Waals surface area contributed by atoms with Crippen molar-refractivity contribution in [3.63, 3.8) is 0 Å². The van der Waals surface area contributed by atoms with Crippen LogP contribution in [0, 0.1) is 5.82 Å². The van der Waals surface area contributed by atoms with Gasteiger partial charge in [-0.15, -0.1) is 11.3 Å². The Kier molecular flexibility index (Phi) is 4.68. The van der Waals surface area contributed by atoms with Crippen LogP contribution < -0.4 is 10.6 Å². The molecule has 106 valence electrons. The second-order valence-corrected chi connectivity index (χ2v) is 5.18. The molecule has 0 fully saturated rings. The molecule has 0 saturated heterocycles. The summed E-state index contributed by atoms with van der Waals surface area (Å²) in [6, 6.07) is 4.25. The fraction of sp³-hybridized carbons (Fsp3) is 0.286. The number of nitrogens with zero attached hydrogens (tertiary/aromatic N) is 1. The number of para-hydroxylation sites is 1. The Balaban J connectivity index is 2.19. The van der Waals surface area contributed by atoms with Gasteiger partial charge in [-0.25, -0.2) is 9.37 Å². The van der Waals surface area contributed by atoms with Gasteiger partial charge in [0.25, 0.3) is 5.91 Å². The Hall–Kier alpha value is -1.95. The Labute approximate surface area is 121 Å². The summed E-state index contributed by atoms with van der Waals surface area (Å²) >= 11 is 1.47. The van der Waals surface area contributed by atoms with E-state index in [1.54, 1.807) is 12.3 Å². The molecule has 0 aliphatic heterocycles. The summed E-state index contributed by atoms with van der Waals surface area (Å²) in [6.45, 7) is 4.25. The summed E-state index contributed by atoms with van der Waals surface area (Å²) in [5, 5.41) is 8.38. The van der Waals surface area contributed by atoms with Gasteiger partial charge in [-0.05, 0) is 26.0 Å². The van der Waals surface area contributed by atoms with Crippen LogP contribution in [0.5, 0.6) is 0 Å². The molecule has 1 unspecified atom stereocenters. The van der Waals surface area contributed by atoms with Crippen LogP contribution in [-0.2, 0) is 0 Å². The van der Waals surface area contributed by atoms with E-state index < -0.39 is 5.82 Å². The third-order valence-corrected chi connectivity index (χ3v) is 3.74. The van der Waals surface area contributed by atoms with Crippen LogP contribution in [0.15, 0.2) is 29.8 Å². The van der Waals surface area contributed by atoms with Gasteiger partial charge in [0.2, 0.25) is 0 Å². The average Bonchev–Trinajstić information content (AvgIpc) is 2.95. The molecule has 0 spiro atoms. The van der Waals surface area contributed by atoms with Crippen molar-refractivity contribution in [2.45, 2.75) is 19.9 Å². The molecule has 2 rings (SSSR count). The first-order valence-corrected chi connectivity index (χ1v) is 7.24. The molecule has 4 nitrogen and oxygen atoms in total. The van der Waals surface area contributed by atoms with E-state index in [4.69, 9.17) is 0 Å². The number of amides is 1. The summed E-state index contributed by atoms with van der Waals surface area (Å²) in [4.78, 5) is 16.4. The number of thiazole rings is 1. The number of carbonyl (C=O) groups excluding carboxylic acids is 1. The maximum absolute atomic E-state index is 13.8. The molecule has 0 aliphatic carbocycles. The highest BCUT2D eigenvalue weighted by Crippen LogP contribution is 2.21. The summed E-state index contributed by atoms with van der Waals surface area (Å²) in [6.07, 6.45) is 1.69. The smallest absolute Gasteiger partial charge is 0.254 e. The highest BCUT2D eigenvalue weighted by Gasteiger charge is 2.18. The molecular formula is C14H16FN3OS. The van der Waals surface area contributed by atoms with E-state index in [-0.39, 0.29) is 17.6 Å². The zero-order valence-electron chi connectivity index (χ0n) is 11.3. The number of halogens is 1. The topological polar surface area (TPSA) is 54.0 Å². The van der Waals surface area contributed by atoms with Crippen molar-refractivity contribution in [1.82, 2.24) is 10.3 Å². The standard InChI is InChI=1S/C14H16FN3OS/c1-3-16-12-10(5-4-6-11(12)15)13(19)18-9(2)14-17-7-8-20-14/h4-9,16H,3H2,1-2H3,(H,18,19). The van der Waals surface area contributed by atoms with Gasteiger partial charge in [-0.2, -0.15) is 0 Å². The minimum atomic E-state index is -0.429. The summed E-state index contributed by atoms with van der Waals surface area (Å²) in [5.74, 6) is -0.746. The van der Waals surface area contributed by atoms with Crippen LogP contribution in [0.1, 0.15) is 35.3 Å². The Morgan fingerprint density at radius 3 is 2.95 bits per heavy atom. The monoisotopic (exact) mass is 293 g/mol. The Morgan fingerprint density at radius 2 is 2.30 bits per heavy atom. The molecule has 0 aliphatic rings. The van der Waals surface area contributed by atoms with Crippen molar-refractivity contribution in [1.29, 1.82) is 0 Å². The highest BCUT2D eigenvalue weighted by atomic mass is 32.1. The molecule has 2 N–H and O–H groups in total. The van der Waals surface area contributed by atoms with Crippen molar-refractivity contribution >= 4 is 22.9 Å². The second kappa shape index (κ2) is 6.47. The first-order valence-electron chi connectivity index (χ1n) is 6.36. The molecule has 0 bridgehead atoms. The minimum Gasteiger partial charge on any atom is -0.382 e. The van der Waals surface area contributed by atoms with Crippen LogP contribution in [-0.4, -0.2) is 17.4 Å². The van der Waals surface area contributed by atoms with Crippen LogP contribution in [0.25, 0.3) is 0 Å². The van der Waals surface area contributed by atoms with Gasteiger partial charge >= 0.3 is 0 Å². The normalized spacial score (nSPS) is 11.9. The Morgan fingerprint density at radius 1 is 1.50 bits per heavy atom. The minimum absolute atomic E-state index is 0.208. The van der Waals surface area contributed by atoms with Crippen molar-refractivity contribution < 1.29 is 9.18 Å². The molecule has 2 aromatic rings.